The highest BCUT2D eigenvalue weighted by molar-refractivity contribution is 6.30. The molecule has 0 unspecified atom stereocenters. The van der Waals surface area contributed by atoms with E-state index in [4.69, 9.17) is 21.8 Å². The second-order valence-corrected chi connectivity index (χ2v) is 7.27. The van der Waals surface area contributed by atoms with E-state index in [1.807, 2.05) is 24.3 Å². The molecule has 0 aliphatic rings. The second kappa shape index (κ2) is 8.10. The minimum absolute atomic E-state index is 0.0609. The number of halogens is 1. The number of likely N-dealkylation sites (N-methyl/N-ethyl adjacent to an activating group) is 1. The fraction of sp³-hybridized carbons (Fsp3) is 0.250. The molecule has 2 N–H and O–H groups in total. The lowest BCUT2D eigenvalue weighted by Crippen LogP contribution is -2.43. The maximum Gasteiger partial charge on any atom is 0.332 e. The highest BCUT2D eigenvalue weighted by atomic mass is 35.5. The van der Waals surface area contributed by atoms with Gasteiger partial charge >= 0.3 is 5.69 Å². The van der Waals surface area contributed by atoms with E-state index in [1.165, 1.54) is 14.1 Å². The number of furan rings is 1. The van der Waals surface area contributed by atoms with Crippen molar-refractivity contribution < 1.29 is 9.21 Å². The summed E-state index contributed by atoms with van der Waals surface area (Å²) in [5, 5.41) is 0.641. The Bertz CT molecular complexity index is 1170. The summed E-state index contributed by atoms with van der Waals surface area (Å²) in [4.78, 5) is 38.6. The van der Waals surface area contributed by atoms with E-state index in [0.29, 0.717) is 23.1 Å². The number of Topliss-reactive ketones (excluding diaryl/α,β-unsaturated/α-hetero) is 1. The Balaban J connectivity index is 1.74. The molecule has 2 aromatic heterocycles. The van der Waals surface area contributed by atoms with E-state index >= 15 is 0 Å². The van der Waals surface area contributed by atoms with Crippen LogP contribution in [0.4, 0.5) is 5.82 Å². The number of hydrogen-bond donors (Lipinski definition) is 1. The Morgan fingerprint density at radius 1 is 1.10 bits per heavy atom. The predicted octanol–water partition coefficient (Wildman–Crippen LogP) is 1.89. The van der Waals surface area contributed by atoms with Crippen molar-refractivity contribution in [3.8, 4) is 11.3 Å². The summed E-state index contributed by atoms with van der Waals surface area (Å²) in [7, 11) is 4.45. The number of ketones is 1. The van der Waals surface area contributed by atoms with Crippen LogP contribution in [-0.4, -0.2) is 33.4 Å². The van der Waals surface area contributed by atoms with Crippen molar-refractivity contribution in [2.24, 2.45) is 14.1 Å². The summed E-state index contributed by atoms with van der Waals surface area (Å²) >= 11 is 5.90. The van der Waals surface area contributed by atoms with Crippen molar-refractivity contribution in [1.29, 1.82) is 0 Å². The SMILES string of the molecule is CN(CC(=O)c1c(N)n(C)c(=O)n(C)c1=O)Cc1ccc(-c2ccc(Cl)cc2)o1. The molecule has 0 amide bonds. The number of nitrogen functional groups attached to an aromatic ring is 1. The van der Waals surface area contributed by atoms with Crippen molar-refractivity contribution in [2.45, 2.75) is 6.54 Å². The van der Waals surface area contributed by atoms with Crippen LogP contribution in [-0.2, 0) is 20.6 Å². The van der Waals surface area contributed by atoms with E-state index in [-0.39, 0.29) is 17.9 Å². The number of anilines is 1. The van der Waals surface area contributed by atoms with Gasteiger partial charge in [-0.2, -0.15) is 0 Å². The number of carbonyl (C=O) groups excluding carboxylic acids is 1. The molecular weight excluding hydrogens is 396 g/mol. The summed E-state index contributed by atoms with van der Waals surface area (Å²) in [5.74, 6) is 0.740. The van der Waals surface area contributed by atoms with Crippen LogP contribution in [0.5, 0.6) is 0 Å². The lowest BCUT2D eigenvalue weighted by atomic mass is 10.2. The van der Waals surface area contributed by atoms with Crippen molar-refractivity contribution in [1.82, 2.24) is 14.0 Å². The third-order valence-electron chi connectivity index (χ3n) is 4.62. The molecule has 9 heteroatoms. The first-order chi connectivity index (χ1) is 13.7. The van der Waals surface area contributed by atoms with Gasteiger partial charge < -0.3 is 10.2 Å². The third-order valence-corrected chi connectivity index (χ3v) is 4.87. The van der Waals surface area contributed by atoms with Gasteiger partial charge in [0.05, 0.1) is 13.1 Å². The molecule has 0 fully saturated rings. The van der Waals surface area contributed by atoms with E-state index in [2.05, 4.69) is 0 Å². The Labute approximate surface area is 171 Å². The maximum atomic E-state index is 12.7. The summed E-state index contributed by atoms with van der Waals surface area (Å²) in [6.45, 7) is 0.292. The van der Waals surface area contributed by atoms with Crippen molar-refractivity contribution in [3.05, 3.63) is 73.6 Å². The first kappa shape index (κ1) is 20.6. The molecular formula is C20H21ClN4O4. The molecule has 0 atom stereocenters. The van der Waals surface area contributed by atoms with Gasteiger partial charge in [0.1, 0.15) is 22.9 Å². The van der Waals surface area contributed by atoms with Crippen LogP contribution in [0.3, 0.4) is 0 Å². The Morgan fingerprint density at radius 3 is 2.41 bits per heavy atom. The zero-order valence-corrected chi connectivity index (χ0v) is 17.1. The summed E-state index contributed by atoms with van der Waals surface area (Å²) in [6, 6.07) is 10.9. The topological polar surface area (TPSA) is 103 Å². The molecule has 0 aliphatic carbocycles. The number of benzene rings is 1. The molecule has 0 spiro atoms. The average molecular weight is 417 g/mol. The Kier molecular flexibility index (Phi) is 5.76. The minimum Gasteiger partial charge on any atom is -0.460 e. The van der Waals surface area contributed by atoms with Crippen LogP contribution < -0.4 is 17.0 Å². The lowest BCUT2D eigenvalue weighted by Gasteiger charge is -2.16. The molecule has 0 saturated carbocycles. The van der Waals surface area contributed by atoms with E-state index < -0.39 is 17.0 Å². The second-order valence-electron chi connectivity index (χ2n) is 6.83. The fourth-order valence-corrected chi connectivity index (χ4v) is 3.13. The molecule has 3 aromatic rings. The van der Waals surface area contributed by atoms with Crippen molar-refractivity contribution >= 4 is 23.2 Å². The van der Waals surface area contributed by atoms with Crippen LogP contribution >= 0.6 is 11.6 Å². The Hall–Kier alpha value is -3.10. The van der Waals surface area contributed by atoms with Gasteiger partial charge in [-0.3, -0.25) is 23.6 Å². The lowest BCUT2D eigenvalue weighted by molar-refractivity contribution is 0.0938. The quantitative estimate of drug-likeness (QED) is 0.615. The number of hydrogen-bond acceptors (Lipinski definition) is 6. The number of nitrogens with two attached hydrogens (primary N) is 1. The highest BCUT2D eigenvalue weighted by Gasteiger charge is 2.21. The largest absolute Gasteiger partial charge is 0.460 e. The number of aromatic nitrogens is 2. The van der Waals surface area contributed by atoms with Crippen LogP contribution in [0, 0.1) is 0 Å². The van der Waals surface area contributed by atoms with Gasteiger partial charge in [0.25, 0.3) is 5.56 Å². The molecule has 2 heterocycles. The number of nitrogens with zero attached hydrogens (tertiary/aromatic N) is 3. The molecule has 152 valence electrons. The molecule has 0 radical (unpaired) electrons. The third kappa shape index (κ3) is 4.18. The summed E-state index contributed by atoms with van der Waals surface area (Å²) in [6.07, 6.45) is 0. The van der Waals surface area contributed by atoms with Gasteiger partial charge in [0.2, 0.25) is 0 Å². The van der Waals surface area contributed by atoms with Crippen molar-refractivity contribution in [3.63, 3.8) is 0 Å². The highest BCUT2D eigenvalue weighted by Crippen LogP contribution is 2.24. The van der Waals surface area contributed by atoms with Crippen LogP contribution in [0.2, 0.25) is 5.02 Å². The first-order valence-electron chi connectivity index (χ1n) is 8.81. The zero-order valence-electron chi connectivity index (χ0n) is 16.3. The van der Waals surface area contributed by atoms with Gasteiger partial charge in [-0.15, -0.1) is 0 Å². The smallest absolute Gasteiger partial charge is 0.332 e. The van der Waals surface area contributed by atoms with E-state index in [9.17, 15) is 14.4 Å². The standard InChI is InChI=1S/C20H21ClN4O4/c1-23(10-14-8-9-16(29-14)12-4-6-13(21)7-5-12)11-15(26)17-18(22)24(2)20(28)25(3)19(17)27/h4-9H,10-11,22H2,1-3H3. The molecule has 1 aromatic carbocycles. The Morgan fingerprint density at radius 2 is 1.76 bits per heavy atom. The van der Waals surface area contributed by atoms with E-state index in [1.54, 1.807) is 24.1 Å². The van der Waals surface area contributed by atoms with Crippen LogP contribution in [0.25, 0.3) is 11.3 Å². The minimum atomic E-state index is -0.702. The molecule has 29 heavy (non-hydrogen) atoms. The van der Waals surface area contributed by atoms with Gasteiger partial charge in [-0.25, -0.2) is 4.79 Å². The van der Waals surface area contributed by atoms with Gasteiger partial charge in [0.15, 0.2) is 5.78 Å². The number of rotatable bonds is 6. The zero-order chi connectivity index (χ0) is 21.3. The summed E-state index contributed by atoms with van der Waals surface area (Å²) in [5.41, 5.74) is 5.26. The normalized spacial score (nSPS) is 11.2. The molecule has 3 rings (SSSR count). The van der Waals surface area contributed by atoms with Crippen LogP contribution in [0.15, 0.2) is 50.4 Å². The fourth-order valence-electron chi connectivity index (χ4n) is 3.00. The van der Waals surface area contributed by atoms with Gasteiger partial charge in [-0.05, 0) is 43.4 Å². The first-order valence-corrected chi connectivity index (χ1v) is 9.18. The molecule has 0 bridgehead atoms. The maximum absolute atomic E-state index is 12.7. The predicted molar refractivity (Wildman–Crippen MR) is 111 cm³/mol. The molecule has 0 saturated heterocycles. The molecule has 0 aliphatic heterocycles. The van der Waals surface area contributed by atoms with E-state index in [0.717, 1.165) is 14.7 Å². The molecule has 8 nitrogen and oxygen atoms in total. The average Bonchev–Trinajstić information content (AvgIpc) is 3.13. The summed E-state index contributed by atoms with van der Waals surface area (Å²) < 4.78 is 7.79. The van der Waals surface area contributed by atoms with Crippen molar-refractivity contribution in [2.75, 3.05) is 19.3 Å². The number of carbonyl (C=O) groups is 1. The van der Waals surface area contributed by atoms with Gasteiger partial charge in [-0.1, -0.05) is 11.6 Å². The van der Waals surface area contributed by atoms with Crippen LogP contribution in [0.1, 0.15) is 16.1 Å². The van der Waals surface area contributed by atoms with Gasteiger partial charge in [0, 0.05) is 24.7 Å². The monoisotopic (exact) mass is 416 g/mol.